The van der Waals surface area contributed by atoms with E-state index in [0.717, 1.165) is 0 Å². The van der Waals surface area contributed by atoms with Crippen LogP contribution in [0.2, 0.25) is 0 Å². The summed E-state index contributed by atoms with van der Waals surface area (Å²) in [5, 5.41) is 0. The van der Waals surface area contributed by atoms with E-state index in [-0.39, 0.29) is 6.61 Å². The zero-order valence-electron chi connectivity index (χ0n) is 7.90. The first kappa shape index (κ1) is 11.5. The molecule has 0 fully saturated rings. The van der Waals surface area contributed by atoms with Crippen LogP contribution in [0.4, 0.5) is 4.79 Å². The predicted octanol–water partition coefficient (Wildman–Crippen LogP) is 2.46. The van der Waals surface area contributed by atoms with Gasteiger partial charge < -0.3 is 9.47 Å². The monoisotopic (exact) mass is 182 g/mol. The second-order valence-corrected chi connectivity index (χ2v) is 2.10. The highest BCUT2D eigenvalue weighted by molar-refractivity contribution is 5.59. The van der Waals surface area contributed by atoms with Gasteiger partial charge >= 0.3 is 6.16 Å². The van der Waals surface area contributed by atoms with E-state index >= 15 is 0 Å². The molecular formula is C10H14O3. The van der Waals surface area contributed by atoms with Gasteiger partial charge in [-0.2, -0.15) is 0 Å². The molecular weight excluding hydrogens is 168 g/mol. The van der Waals surface area contributed by atoms with Gasteiger partial charge in [0.1, 0.15) is 6.61 Å². The quantitative estimate of drug-likeness (QED) is 0.495. The van der Waals surface area contributed by atoms with Crippen molar-refractivity contribution < 1.29 is 14.3 Å². The van der Waals surface area contributed by atoms with E-state index < -0.39 is 6.16 Å². The third kappa shape index (κ3) is 8.40. The molecule has 0 aliphatic rings. The number of ether oxygens (including phenoxy) is 2. The molecule has 3 heteroatoms. The Labute approximate surface area is 78.3 Å². The standard InChI is InChI=1S/C10H14O3/c1-3-4-5-6-7-8-9-13-10(11)12-2/h3-8H,9H2,1-2H3. The van der Waals surface area contributed by atoms with Crippen molar-refractivity contribution in [3.8, 4) is 0 Å². The maximum absolute atomic E-state index is 10.4. The van der Waals surface area contributed by atoms with Crippen LogP contribution in [0.5, 0.6) is 0 Å². The van der Waals surface area contributed by atoms with E-state index in [1.165, 1.54) is 7.11 Å². The number of hydrogen-bond acceptors (Lipinski definition) is 3. The summed E-state index contributed by atoms with van der Waals surface area (Å²) >= 11 is 0. The van der Waals surface area contributed by atoms with Crippen molar-refractivity contribution in [3.05, 3.63) is 36.5 Å². The molecule has 0 N–H and O–H groups in total. The number of hydrogen-bond donors (Lipinski definition) is 0. The van der Waals surface area contributed by atoms with Crippen LogP contribution < -0.4 is 0 Å². The molecule has 72 valence electrons. The van der Waals surface area contributed by atoms with Gasteiger partial charge in [-0.25, -0.2) is 4.79 Å². The predicted molar refractivity (Wildman–Crippen MR) is 51.5 cm³/mol. The lowest BCUT2D eigenvalue weighted by Gasteiger charge is -1.96. The first-order chi connectivity index (χ1) is 6.31. The molecule has 0 aliphatic carbocycles. The Kier molecular flexibility index (Phi) is 7.59. The lowest BCUT2D eigenvalue weighted by Crippen LogP contribution is -2.03. The Morgan fingerprint density at radius 1 is 1.23 bits per heavy atom. The van der Waals surface area contributed by atoms with Gasteiger partial charge in [-0.3, -0.25) is 0 Å². The summed E-state index contributed by atoms with van der Waals surface area (Å²) in [6.45, 7) is 2.17. The van der Waals surface area contributed by atoms with Crippen molar-refractivity contribution in [2.24, 2.45) is 0 Å². The zero-order valence-corrected chi connectivity index (χ0v) is 7.90. The molecule has 0 rings (SSSR count). The highest BCUT2D eigenvalue weighted by Gasteiger charge is 1.94. The first-order valence-corrected chi connectivity index (χ1v) is 3.96. The van der Waals surface area contributed by atoms with Crippen molar-refractivity contribution in [2.45, 2.75) is 6.92 Å². The van der Waals surface area contributed by atoms with Gasteiger partial charge in [0, 0.05) is 0 Å². The van der Waals surface area contributed by atoms with E-state index in [2.05, 4.69) is 9.47 Å². The van der Waals surface area contributed by atoms with Gasteiger partial charge in [-0.15, -0.1) is 0 Å². The summed E-state index contributed by atoms with van der Waals surface area (Å²) in [5.74, 6) is 0. The van der Waals surface area contributed by atoms with Crippen LogP contribution in [0.3, 0.4) is 0 Å². The Morgan fingerprint density at radius 2 is 1.92 bits per heavy atom. The van der Waals surface area contributed by atoms with Crippen LogP contribution in [0, 0.1) is 0 Å². The molecule has 0 aromatic heterocycles. The normalized spacial score (nSPS) is 11.5. The number of methoxy groups -OCH3 is 1. The molecule has 0 unspecified atom stereocenters. The van der Waals surface area contributed by atoms with Gasteiger partial charge in [0.2, 0.25) is 0 Å². The highest BCUT2D eigenvalue weighted by Crippen LogP contribution is 1.84. The molecule has 0 amide bonds. The summed E-state index contributed by atoms with van der Waals surface area (Å²) in [5.41, 5.74) is 0. The molecule has 0 saturated heterocycles. The minimum absolute atomic E-state index is 0.229. The van der Waals surface area contributed by atoms with E-state index in [1.807, 2.05) is 31.2 Å². The Bertz CT molecular complexity index is 214. The molecule has 0 radical (unpaired) electrons. The average molecular weight is 182 g/mol. The van der Waals surface area contributed by atoms with E-state index in [1.54, 1.807) is 12.2 Å². The van der Waals surface area contributed by atoms with Crippen LogP contribution in [0.15, 0.2) is 36.5 Å². The largest absolute Gasteiger partial charge is 0.508 e. The molecule has 0 saturated carbocycles. The molecule has 0 bridgehead atoms. The smallest absolute Gasteiger partial charge is 0.438 e. The van der Waals surface area contributed by atoms with Crippen LogP contribution in [-0.4, -0.2) is 19.9 Å². The van der Waals surface area contributed by atoms with Crippen molar-refractivity contribution in [1.29, 1.82) is 0 Å². The molecule has 0 atom stereocenters. The van der Waals surface area contributed by atoms with Gasteiger partial charge in [0.05, 0.1) is 7.11 Å². The third-order valence-electron chi connectivity index (χ3n) is 1.13. The lowest BCUT2D eigenvalue weighted by molar-refractivity contribution is 0.0818. The van der Waals surface area contributed by atoms with Crippen LogP contribution >= 0.6 is 0 Å². The summed E-state index contributed by atoms with van der Waals surface area (Å²) in [4.78, 5) is 10.4. The Morgan fingerprint density at radius 3 is 2.54 bits per heavy atom. The van der Waals surface area contributed by atoms with E-state index in [0.29, 0.717) is 0 Å². The highest BCUT2D eigenvalue weighted by atomic mass is 16.7. The SMILES string of the molecule is CC=CC=CC=CCOC(=O)OC. The Hall–Kier alpha value is -1.51. The van der Waals surface area contributed by atoms with E-state index in [9.17, 15) is 4.79 Å². The minimum atomic E-state index is -0.665. The summed E-state index contributed by atoms with van der Waals surface area (Å²) < 4.78 is 8.87. The summed E-state index contributed by atoms with van der Waals surface area (Å²) in [6, 6.07) is 0. The third-order valence-corrected chi connectivity index (χ3v) is 1.13. The van der Waals surface area contributed by atoms with Crippen molar-refractivity contribution >= 4 is 6.16 Å². The number of carbonyl (C=O) groups is 1. The fourth-order valence-corrected chi connectivity index (χ4v) is 0.549. The van der Waals surface area contributed by atoms with Crippen LogP contribution in [0.1, 0.15) is 6.92 Å². The molecule has 0 aromatic rings. The molecule has 3 nitrogen and oxygen atoms in total. The van der Waals surface area contributed by atoms with Crippen LogP contribution in [0.25, 0.3) is 0 Å². The van der Waals surface area contributed by atoms with Gasteiger partial charge in [0.25, 0.3) is 0 Å². The van der Waals surface area contributed by atoms with Crippen molar-refractivity contribution in [3.63, 3.8) is 0 Å². The Balaban J connectivity index is 3.47. The summed E-state index contributed by atoms with van der Waals surface area (Å²) in [6.07, 6.45) is 10.4. The van der Waals surface area contributed by atoms with Gasteiger partial charge in [0.15, 0.2) is 0 Å². The zero-order chi connectivity index (χ0) is 9.94. The maximum Gasteiger partial charge on any atom is 0.508 e. The average Bonchev–Trinajstić information content (AvgIpc) is 2.16. The maximum atomic E-state index is 10.4. The molecule has 13 heavy (non-hydrogen) atoms. The molecule has 0 aromatic carbocycles. The number of carbonyl (C=O) groups excluding carboxylic acids is 1. The van der Waals surface area contributed by atoms with Gasteiger partial charge in [-0.05, 0) is 13.0 Å². The molecule has 0 heterocycles. The number of rotatable bonds is 4. The van der Waals surface area contributed by atoms with Gasteiger partial charge in [-0.1, -0.05) is 30.4 Å². The minimum Gasteiger partial charge on any atom is -0.438 e. The molecule has 0 aliphatic heterocycles. The fourth-order valence-electron chi connectivity index (χ4n) is 0.549. The van der Waals surface area contributed by atoms with Crippen LogP contribution in [-0.2, 0) is 9.47 Å². The topological polar surface area (TPSA) is 35.5 Å². The fraction of sp³-hybridized carbons (Fsp3) is 0.300. The number of allylic oxidation sites excluding steroid dienone is 5. The molecule has 0 spiro atoms. The first-order valence-electron chi connectivity index (χ1n) is 3.96. The van der Waals surface area contributed by atoms with Crippen molar-refractivity contribution in [2.75, 3.05) is 13.7 Å². The second-order valence-electron chi connectivity index (χ2n) is 2.10. The summed E-state index contributed by atoms with van der Waals surface area (Å²) in [7, 11) is 1.28. The second kappa shape index (κ2) is 8.59. The van der Waals surface area contributed by atoms with Crippen molar-refractivity contribution in [1.82, 2.24) is 0 Å². The van der Waals surface area contributed by atoms with E-state index in [4.69, 9.17) is 0 Å². The lowest BCUT2D eigenvalue weighted by atomic mass is 10.4.